The zero-order valence-corrected chi connectivity index (χ0v) is 9.59. The third-order valence-electron chi connectivity index (χ3n) is 3.22. The van der Waals surface area contributed by atoms with E-state index in [0.717, 1.165) is 19.3 Å². The third kappa shape index (κ3) is 1.64. The summed E-state index contributed by atoms with van der Waals surface area (Å²) in [5.41, 5.74) is 0.755. The Morgan fingerprint density at radius 2 is 2.41 bits per heavy atom. The molecule has 1 saturated heterocycles. The average molecular weight is 234 g/mol. The van der Waals surface area contributed by atoms with Crippen LogP contribution in [0.4, 0.5) is 0 Å². The Kier molecular flexibility index (Phi) is 2.44. The number of hydrogen-bond acceptors (Lipinski definition) is 4. The lowest BCUT2D eigenvalue weighted by Gasteiger charge is -2.13. The Morgan fingerprint density at radius 1 is 1.53 bits per heavy atom. The summed E-state index contributed by atoms with van der Waals surface area (Å²) in [4.78, 5) is 22.3. The van der Waals surface area contributed by atoms with Crippen molar-refractivity contribution < 1.29 is 4.74 Å². The minimum atomic E-state index is -0.209. The molecule has 0 bridgehead atoms. The Balaban J connectivity index is 2.02. The van der Waals surface area contributed by atoms with Crippen molar-refractivity contribution >= 4 is 11.2 Å². The van der Waals surface area contributed by atoms with Crippen LogP contribution < -0.4 is 5.56 Å². The van der Waals surface area contributed by atoms with Gasteiger partial charge in [-0.3, -0.25) is 9.36 Å². The second-order valence-electron chi connectivity index (χ2n) is 4.25. The van der Waals surface area contributed by atoms with E-state index in [4.69, 9.17) is 4.74 Å². The second kappa shape index (κ2) is 3.96. The molecule has 1 fully saturated rings. The average Bonchev–Trinajstić information content (AvgIpc) is 2.94. The summed E-state index contributed by atoms with van der Waals surface area (Å²) >= 11 is 0. The number of H-pyrrole nitrogens is 1. The third-order valence-corrected chi connectivity index (χ3v) is 3.22. The molecular formula is C11H14N4O2. The summed E-state index contributed by atoms with van der Waals surface area (Å²) in [7, 11) is 0. The summed E-state index contributed by atoms with van der Waals surface area (Å²) in [6.07, 6.45) is 6.29. The first kappa shape index (κ1) is 10.5. The monoisotopic (exact) mass is 234 g/mol. The second-order valence-corrected chi connectivity index (χ2v) is 4.25. The van der Waals surface area contributed by atoms with Crippen molar-refractivity contribution in [3.63, 3.8) is 0 Å². The Bertz CT molecular complexity index is 588. The van der Waals surface area contributed by atoms with Gasteiger partial charge in [0.2, 0.25) is 0 Å². The van der Waals surface area contributed by atoms with Gasteiger partial charge in [0.05, 0.1) is 18.8 Å². The molecule has 1 aliphatic heterocycles. The first-order valence-corrected chi connectivity index (χ1v) is 5.85. The van der Waals surface area contributed by atoms with Gasteiger partial charge in [-0.25, -0.2) is 9.97 Å². The highest BCUT2D eigenvalue weighted by Crippen LogP contribution is 2.30. The van der Waals surface area contributed by atoms with E-state index in [2.05, 4.69) is 21.9 Å². The van der Waals surface area contributed by atoms with E-state index in [9.17, 15) is 4.79 Å². The smallest absolute Gasteiger partial charge is 0.278 e. The van der Waals surface area contributed by atoms with Gasteiger partial charge in [-0.05, 0) is 19.3 Å². The summed E-state index contributed by atoms with van der Waals surface area (Å²) < 4.78 is 7.72. The molecule has 3 heterocycles. The van der Waals surface area contributed by atoms with Crippen LogP contribution in [-0.2, 0) is 4.74 Å². The van der Waals surface area contributed by atoms with Crippen molar-refractivity contribution in [1.82, 2.24) is 19.5 Å². The van der Waals surface area contributed by atoms with E-state index < -0.39 is 0 Å². The van der Waals surface area contributed by atoms with Crippen LogP contribution >= 0.6 is 0 Å². The van der Waals surface area contributed by atoms with Crippen LogP contribution in [-0.4, -0.2) is 25.6 Å². The number of fused-ring (bicyclic) bond motifs is 1. The van der Waals surface area contributed by atoms with Crippen LogP contribution in [0, 0.1) is 0 Å². The molecular weight excluding hydrogens is 220 g/mol. The van der Waals surface area contributed by atoms with Gasteiger partial charge < -0.3 is 9.72 Å². The molecule has 0 amide bonds. The Morgan fingerprint density at radius 3 is 3.18 bits per heavy atom. The van der Waals surface area contributed by atoms with Crippen molar-refractivity contribution in [2.75, 3.05) is 0 Å². The highest BCUT2D eigenvalue weighted by Gasteiger charge is 2.26. The fraction of sp³-hybridized carbons (Fsp3) is 0.545. The molecule has 6 nitrogen and oxygen atoms in total. The molecule has 0 spiro atoms. The molecule has 0 unspecified atom stereocenters. The SMILES string of the molecule is CC[C@@H]1CC[C@H](n2cnc3c(=O)[nH]cnc32)O1. The largest absolute Gasteiger partial charge is 0.355 e. The van der Waals surface area contributed by atoms with Crippen LogP contribution in [0.2, 0.25) is 0 Å². The number of rotatable bonds is 2. The van der Waals surface area contributed by atoms with E-state index in [1.54, 1.807) is 6.33 Å². The fourth-order valence-electron chi connectivity index (χ4n) is 2.27. The van der Waals surface area contributed by atoms with Gasteiger partial charge in [0.15, 0.2) is 11.2 Å². The van der Waals surface area contributed by atoms with Gasteiger partial charge in [-0.2, -0.15) is 0 Å². The predicted molar refractivity (Wildman–Crippen MR) is 61.6 cm³/mol. The van der Waals surface area contributed by atoms with Crippen LogP contribution in [0.5, 0.6) is 0 Å². The Hall–Kier alpha value is -1.69. The van der Waals surface area contributed by atoms with Gasteiger partial charge in [-0.1, -0.05) is 6.92 Å². The van der Waals surface area contributed by atoms with Crippen molar-refractivity contribution in [2.45, 2.75) is 38.5 Å². The van der Waals surface area contributed by atoms with E-state index in [0.29, 0.717) is 17.3 Å². The number of imidazole rings is 1. The zero-order valence-electron chi connectivity index (χ0n) is 9.59. The highest BCUT2D eigenvalue weighted by atomic mass is 16.5. The van der Waals surface area contributed by atoms with Gasteiger partial charge in [0.1, 0.15) is 6.23 Å². The van der Waals surface area contributed by atoms with Crippen LogP contribution in [0.3, 0.4) is 0 Å². The lowest BCUT2D eigenvalue weighted by molar-refractivity contribution is 0.00289. The highest BCUT2D eigenvalue weighted by molar-refractivity contribution is 5.68. The van der Waals surface area contributed by atoms with Crippen molar-refractivity contribution in [3.8, 4) is 0 Å². The number of aromatic amines is 1. The topological polar surface area (TPSA) is 72.8 Å². The Labute approximate surface area is 97.7 Å². The van der Waals surface area contributed by atoms with Crippen molar-refractivity contribution in [1.29, 1.82) is 0 Å². The van der Waals surface area contributed by atoms with Crippen molar-refractivity contribution in [3.05, 3.63) is 23.0 Å². The van der Waals surface area contributed by atoms with Gasteiger partial charge in [0, 0.05) is 0 Å². The lowest BCUT2D eigenvalue weighted by Crippen LogP contribution is -2.12. The lowest BCUT2D eigenvalue weighted by atomic mass is 10.2. The molecule has 0 radical (unpaired) electrons. The number of nitrogens with zero attached hydrogens (tertiary/aromatic N) is 3. The van der Waals surface area contributed by atoms with Gasteiger partial charge in [0.25, 0.3) is 5.56 Å². The molecule has 2 aromatic rings. The van der Waals surface area contributed by atoms with Crippen LogP contribution in [0.15, 0.2) is 17.4 Å². The molecule has 1 N–H and O–H groups in total. The standard InChI is InChI=1S/C11H14N4O2/c1-2-7-3-4-8(17-7)15-6-14-9-10(15)12-5-13-11(9)16/h5-8H,2-4H2,1H3,(H,12,13,16)/t7-,8-/m1/s1. The zero-order chi connectivity index (χ0) is 11.8. The molecule has 6 heteroatoms. The van der Waals surface area contributed by atoms with E-state index in [-0.39, 0.29) is 11.8 Å². The number of aromatic nitrogens is 4. The minimum absolute atomic E-state index is 0.0424. The maximum absolute atomic E-state index is 11.5. The van der Waals surface area contributed by atoms with E-state index in [1.165, 1.54) is 6.33 Å². The molecule has 0 aromatic carbocycles. The van der Waals surface area contributed by atoms with Gasteiger partial charge in [-0.15, -0.1) is 0 Å². The fourth-order valence-corrected chi connectivity index (χ4v) is 2.27. The molecule has 1 aliphatic rings. The predicted octanol–water partition coefficient (Wildman–Crippen LogP) is 1.21. The molecule has 17 heavy (non-hydrogen) atoms. The molecule has 2 aromatic heterocycles. The number of ether oxygens (including phenoxy) is 1. The molecule has 2 atom stereocenters. The summed E-state index contributed by atoms with van der Waals surface area (Å²) in [5.74, 6) is 0. The van der Waals surface area contributed by atoms with Crippen molar-refractivity contribution in [2.24, 2.45) is 0 Å². The quantitative estimate of drug-likeness (QED) is 0.847. The maximum atomic E-state index is 11.5. The normalized spacial score (nSPS) is 24.5. The maximum Gasteiger partial charge on any atom is 0.278 e. The summed E-state index contributed by atoms with van der Waals surface area (Å²) in [6.45, 7) is 2.11. The number of hydrogen-bond donors (Lipinski definition) is 1. The minimum Gasteiger partial charge on any atom is -0.355 e. The summed E-state index contributed by atoms with van der Waals surface area (Å²) in [5, 5.41) is 0. The van der Waals surface area contributed by atoms with Crippen LogP contribution in [0.25, 0.3) is 11.2 Å². The van der Waals surface area contributed by atoms with Gasteiger partial charge >= 0.3 is 0 Å². The van der Waals surface area contributed by atoms with E-state index in [1.807, 2.05) is 4.57 Å². The molecule has 3 rings (SSSR count). The molecule has 90 valence electrons. The number of nitrogens with one attached hydrogen (secondary N) is 1. The summed E-state index contributed by atoms with van der Waals surface area (Å²) in [6, 6.07) is 0. The molecule has 0 aliphatic carbocycles. The molecule has 0 saturated carbocycles. The van der Waals surface area contributed by atoms with Crippen LogP contribution in [0.1, 0.15) is 32.4 Å². The first-order valence-electron chi connectivity index (χ1n) is 5.85. The van der Waals surface area contributed by atoms with E-state index >= 15 is 0 Å². The first-order chi connectivity index (χ1) is 8.29.